The summed E-state index contributed by atoms with van der Waals surface area (Å²) in [6.45, 7) is 1.79. The molecule has 0 aliphatic heterocycles. The fraction of sp³-hybridized carbons (Fsp3) is 0.308. The van der Waals surface area contributed by atoms with E-state index in [1.807, 2.05) is 6.92 Å². The predicted octanol–water partition coefficient (Wildman–Crippen LogP) is 1.63. The quantitative estimate of drug-likeness (QED) is 0.770. The summed E-state index contributed by atoms with van der Waals surface area (Å²) in [6, 6.07) is 6.44. The molecule has 1 atom stereocenters. The molecular formula is C13H16N4O3. The number of nitrogens with one attached hydrogen (secondary N) is 2. The minimum absolute atomic E-state index is 0.0913. The maximum Gasteiger partial charge on any atom is 0.319 e. The first kappa shape index (κ1) is 14.0. The molecule has 0 aliphatic rings. The number of carbonyl (C=O) groups is 1. The molecule has 0 aliphatic carbocycles. The molecule has 0 radical (unpaired) electrons. The van der Waals surface area contributed by atoms with Crippen LogP contribution >= 0.6 is 0 Å². The van der Waals surface area contributed by atoms with E-state index in [0.717, 1.165) is 5.56 Å². The molecule has 2 aromatic rings. The maximum atomic E-state index is 11.8. The van der Waals surface area contributed by atoms with Gasteiger partial charge in [-0.1, -0.05) is 13.0 Å². The van der Waals surface area contributed by atoms with E-state index in [1.165, 1.54) is 6.39 Å². The van der Waals surface area contributed by atoms with Gasteiger partial charge in [0.25, 0.3) is 0 Å². The van der Waals surface area contributed by atoms with Gasteiger partial charge in [-0.15, -0.1) is 10.2 Å². The molecule has 0 bridgehead atoms. The van der Waals surface area contributed by atoms with Crippen LogP contribution in [-0.4, -0.2) is 34.0 Å². The highest BCUT2D eigenvalue weighted by atomic mass is 16.4. The van der Waals surface area contributed by atoms with Crippen LogP contribution in [0.25, 0.3) is 11.5 Å². The first-order valence-electron chi connectivity index (χ1n) is 6.28. The number of aliphatic hydroxyl groups is 1. The summed E-state index contributed by atoms with van der Waals surface area (Å²) in [5.74, 6) is 0.385. The van der Waals surface area contributed by atoms with Crippen molar-refractivity contribution in [1.82, 2.24) is 15.5 Å². The second kappa shape index (κ2) is 6.67. The van der Waals surface area contributed by atoms with Gasteiger partial charge in [-0.2, -0.15) is 0 Å². The van der Waals surface area contributed by atoms with E-state index in [2.05, 4.69) is 20.8 Å². The number of carbonyl (C=O) groups excluding carboxylic acids is 1. The summed E-state index contributed by atoms with van der Waals surface area (Å²) in [5, 5.41) is 21.8. The summed E-state index contributed by atoms with van der Waals surface area (Å²) in [4.78, 5) is 11.8. The first-order chi connectivity index (χ1) is 9.72. The monoisotopic (exact) mass is 276 g/mol. The molecule has 106 valence electrons. The third-order valence-corrected chi connectivity index (χ3v) is 2.78. The zero-order valence-electron chi connectivity index (χ0n) is 11.0. The van der Waals surface area contributed by atoms with Gasteiger partial charge in [0.2, 0.25) is 12.3 Å². The molecule has 20 heavy (non-hydrogen) atoms. The van der Waals surface area contributed by atoms with E-state index in [9.17, 15) is 4.79 Å². The molecule has 2 amide bonds. The molecule has 7 heteroatoms. The van der Waals surface area contributed by atoms with E-state index in [0.29, 0.717) is 18.0 Å². The van der Waals surface area contributed by atoms with Crippen molar-refractivity contribution in [2.24, 2.45) is 0 Å². The summed E-state index contributed by atoms with van der Waals surface area (Å²) in [7, 11) is 0. The van der Waals surface area contributed by atoms with Crippen LogP contribution in [0.5, 0.6) is 0 Å². The van der Waals surface area contributed by atoms with Crippen molar-refractivity contribution in [2.75, 3.05) is 11.9 Å². The minimum atomic E-state index is -0.367. The van der Waals surface area contributed by atoms with E-state index in [4.69, 9.17) is 9.52 Å². The molecule has 0 unspecified atom stereocenters. The molecule has 0 spiro atoms. The highest BCUT2D eigenvalue weighted by Gasteiger charge is 2.10. The summed E-state index contributed by atoms with van der Waals surface area (Å²) in [5.41, 5.74) is 1.32. The summed E-state index contributed by atoms with van der Waals surface area (Å²) >= 11 is 0. The molecular weight excluding hydrogens is 260 g/mol. The average Bonchev–Trinajstić information content (AvgIpc) is 2.99. The molecule has 1 aromatic carbocycles. The van der Waals surface area contributed by atoms with Crippen molar-refractivity contribution in [3.05, 3.63) is 30.7 Å². The zero-order chi connectivity index (χ0) is 14.4. The number of urea groups is 1. The van der Waals surface area contributed by atoms with Crippen LogP contribution < -0.4 is 10.6 Å². The molecule has 3 N–H and O–H groups in total. The molecule has 1 aromatic heterocycles. The van der Waals surface area contributed by atoms with Gasteiger partial charge in [-0.25, -0.2) is 4.79 Å². The first-order valence-corrected chi connectivity index (χ1v) is 6.28. The number of aliphatic hydroxyl groups excluding tert-OH is 1. The summed E-state index contributed by atoms with van der Waals surface area (Å²) in [6.07, 6.45) is 1.90. The molecule has 0 saturated carbocycles. The predicted molar refractivity (Wildman–Crippen MR) is 73.1 cm³/mol. The number of amides is 2. The lowest BCUT2D eigenvalue weighted by atomic mass is 10.2. The molecule has 0 saturated heterocycles. The van der Waals surface area contributed by atoms with Gasteiger partial charge in [0, 0.05) is 11.3 Å². The molecule has 7 nitrogen and oxygen atoms in total. The van der Waals surface area contributed by atoms with Gasteiger partial charge in [0.05, 0.1) is 12.6 Å². The average molecular weight is 276 g/mol. The van der Waals surface area contributed by atoms with Gasteiger partial charge < -0.3 is 20.2 Å². The Morgan fingerprint density at radius 3 is 3.00 bits per heavy atom. The number of hydrogen-bond donors (Lipinski definition) is 3. The van der Waals surface area contributed by atoms with E-state index >= 15 is 0 Å². The maximum absolute atomic E-state index is 11.8. The third kappa shape index (κ3) is 3.55. The summed E-state index contributed by atoms with van der Waals surface area (Å²) < 4.78 is 5.10. The lowest BCUT2D eigenvalue weighted by molar-refractivity contribution is 0.222. The lowest BCUT2D eigenvalue weighted by Gasteiger charge is -2.14. The topological polar surface area (TPSA) is 100 Å². The number of aromatic nitrogens is 2. The van der Waals surface area contributed by atoms with Crippen molar-refractivity contribution in [3.8, 4) is 11.5 Å². The van der Waals surface area contributed by atoms with Gasteiger partial charge >= 0.3 is 6.03 Å². The highest BCUT2D eigenvalue weighted by Crippen LogP contribution is 2.20. The second-order valence-corrected chi connectivity index (χ2v) is 4.21. The van der Waals surface area contributed by atoms with Crippen molar-refractivity contribution < 1.29 is 14.3 Å². The number of anilines is 1. The van der Waals surface area contributed by atoms with Gasteiger partial charge in [0.15, 0.2) is 0 Å². The van der Waals surface area contributed by atoms with Crippen LogP contribution in [0, 0.1) is 0 Å². The Morgan fingerprint density at radius 1 is 1.50 bits per heavy atom. The molecule has 0 fully saturated rings. The van der Waals surface area contributed by atoms with Crippen molar-refractivity contribution >= 4 is 11.7 Å². The van der Waals surface area contributed by atoms with Crippen LogP contribution in [0.4, 0.5) is 10.5 Å². The molecule has 1 heterocycles. The van der Waals surface area contributed by atoms with Crippen LogP contribution in [-0.2, 0) is 0 Å². The Labute approximate surface area is 116 Å². The number of benzene rings is 1. The number of hydrogen-bond acceptors (Lipinski definition) is 5. The van der Waals surface area contributed by atoms with Gasteiger partial charge in [0.1, 0.15) is 0 Å². The Balaban J connectivity index is 2.03. The smallest absolute Gasteiger partial charge is 0.319 e. The van der Waals surface area contributed by atoms with Crippen molar-refractivity contribution in [2.45, 2.75) is 19.4 Å². The Kier molecular flexibility index (Phi) is 4.67. The van der Waals surface area contributed by atoms with E-state index in [1.54, 1.807) is 24.3 Å². The van der Waals surface area contributed by atoms with Crippen LogP contribution in [0.2, 0.25) is 0 Å². The van der Waals surface area contributed by atoms with Crippen molar-refractivity contribution in [3.63, 3.8) is 0 Å². The van der Waals surface area contributed by atoms with E-state index in [-0.39, 0.29) is 18.7 Å². The fourth-order valence-corrected chi connectivity index (χ4v) is 1.66. The Morgan fingerprint density at radius 2 is 2.35 bits per heavy atom. The standard InChI is InChI=1S/C13H16N4O3/c1-2-10(7-18)15-13(19)16-11-5-3-4-9(6-11)12-17-14-8-20-12/h3-6,8,10,18H,2,7H2,1H3,(H2,15,16,19)/t10-/m1/s1. The van der Waals surface area contributed by atoms with Crippen molar-refractivity contribution in [1.29, 1.82) is 0 Å². The van der Waals surface area contributed by atoms with Crippen LogP contribution in [0.1, 0.15) is 13.3 Å². The number of nitrogens with zero attached hydrogens (tertiary/aromatic N) is 2. The second-order valence-electron chi connectivity index (χ2n) is 4.21. The minimum Gasteiger partial charge on any atom is -0.423 e. The van der Waals surface area contributed by atoms with Crippen LogP contribution in [0.15, 0.2) is 35.1 Å². The number of rotatable bonds is 5. The third-order valence-electron chi connectivity index (χ3n) is 2.78. The molecule has 2 rings (SSSR count). The Bertz CT molecular complexity index is 553. The van der Waals surface area contributed by atoms with Gasteiger partial charge in [-0.05, 0) is 24.6 Å². The fourth-order valence-electron chi connectivity index (χ4n) is 1.66. The van der Waals surface area contributed by atoms with Gasteiger partial charge in [-0.3, -0.25) is 0 Å². The normalized spacial score (nSPS) is 11.9. The SMILES string of the molecule is CC[C@H](CO)NC(=O)Nc1cccc(-c2nnco2)c1. The largest absolute Gasteiger partial charge is 0.423 e. The lowest BCUT2D eigenvalue weighted by Crippen LogP contribution is -2.39. The Hall–Kier alpha value is -2.41. The van der Waals surface area contributed by atoms with Crippen LogP contribution in [0.3, 0.4) is 0 Å². The van der Waals surface area contributed by atoms with E-state index < -0.39 is 0 Å². The zero-order valence-corrected chi connectivity index (χ0v) is 11.0. The highest BCUT2D eigenvalue weighted by molar-refractivity contribution is 5.90.